The normalized spacial score (nSPS) is 16.1. The summed E-state index contributed by atoms with van der Waals surface area (Å²) >= 11 is 0. The summed E-state index contributed by atoms with van der Waals surface area (Å²) in [5, 5.41) is 17.8. The molecule has 5 heterocycles. The first-order chi connectivity index (χ1) is 19.7. The second-order valence-electron chi connectivity index (χ2n) is 11.9. The lowest BCUT2D eigenvalue weighted by atomic mass is 10.1. The first-order valence-electron chi connectivity index (χ1n) is 14.2. The molecule has 1 fully saturated rings. The van der Waals surface area contributed by atoms with Crippen LogP contribution in [0.4, 0.5) is 10.6 Å². The van der Waals surface area contributed by atoms with E-state index in [1.54, 1.807) is 6.20 Å². The number of hydrogen-bond donors (Lipinski definition) is 2. The van der Waals surface area contributed by atoms with Crippen molar-refractivity contribution in [1.29, 1.82) is 0 Å². The SMILES string of the molecule is Cc1ccc(-c2nn(COCC[Si](C)(C)C)c3cnc(-c4cccnc4)cc23)nc1N1CCCC(NC(=O)O)CC1. The number of carboxylic acid groups (broad SMARTS) is 1. The fourth-order valence-corrected chi connectivity index (χ4v) is 5.91. The Kier molecular flexibility index (Phi) is 8.64. The highest BCUT2D eigenvalue weighted by molar-refractivity contribution is 6.76. The zero-order chi connectivity index (χ0) is 29.0. The highest BCUT2D eigenvalue weighted by atomic mass is 28.3. The van der Waals surface area contributed by atoms with Gasteiger partial charge in [0.1, 0.15) is 18.2 Å². The van der Waals surface area contributed by atoms with Crippen LogP contribution in [0.25, 0.3) is 33.5 Å². The van der Waals surface area contributed by atoms with Crippen molar-refractivity contribution in [1.82, 2.24) is 30.0 Å². The molecule has 4 aromatic heterocycles. The van der Waals surface area contributed by atoms with E-state index in [4.69, 9.17) is 19.8 Å². The van der Waals surface area contributed by atoms with Crippen LogP contribution in [0.1, 0.15) is 24.8 Å². The van der Waals surface area contributed by atoms with Gasteiger partial charge in [0.05, 0.1) is 23.1 Å². The zero-order valence-corrected chi connectivity index (χ0v) is 25.3. The minimum atomic E-state index is -1.21. The highest BCUT2D eigenvalue weighted by Crippen LogP contribution is 2.32. The second kappa shape index (κ2) is 12.4. The summed E-state index contributed by atoms with van der Waals surface area (Å²) in [6.45, 7) is 11.7. The molecule has 4 aromatic rings. The van der Waals surface area contributed by atoms with Crippen LogP contribution in [0.2, 0.25) is 25.7 Å². The van der Waals surface area contributed by atoms with E-state index in [1.165, 1.54) is 0 Å². The number of carbonyl (C=O) groups is 1. The quantitative estimate of drug-likeness (QED) is 0.190. The summed E-state index contributed by atoms with van der Waals surface area (Å²) in [4.78, 5) is 27.6. The number of aromatic nitrogens is 5. The number of amides is 1. The molecular weight excluding hydrogens is 534 g/mol. The molecule has 1 atom stereocenters. The van der Waals surface area contributed by atoms with Gasteiger partial charge < -0.3 is 20.1 Å². The Morgan fingerprint density at radius 1 is 1.15 bits per heavy atom. The smallest absolute Gasteiger partial charge is 0.404 e. The van der Waals surface area contributed by atoms with E-state index in [-0.39, 0.29) is 6.04 Å². The maximum atomic E-state index is 11.2. The Hall–Kier alpha value is -3.83. The molecule has 1 aliphatic heterocycles. The fourth-order valence-electron chi connectivity index (χ4n) is 5.16. The molecule has 10 nitrogen and oxygen atoms in total. The van der Waals surface area contributed by atoms with Gasteiger partial charge in [0, 0.05) is 57.2 Å². The number of rotatable bonds is 9. The summed E-state index contributed by atoms with van der Waals surface area (Å²) in [5.74, 6) is 0.911. The number of anilines is 1. The lowest BCUT2D eigenvalue weighted by Crippen LogP contribution is -2.34. The number of ether oxygens (including phenoxy) is 1. The molecule has 0 radical (unpaired) electrons. The number of hydrogen-bond acceptors (Lipinski definition) is 7. The molecule has 11 heteroatoms. The third-order valence-electron chi connectivity index (χ3n) is 7.47. The topological polar surface area (TPSA) is 118 Å². The van der Waals surface area contributed by atoms with Crippen molar-refractivity contribution >= 4 is 30.9 Å². The summed E-state index contributed by atoms with van der Waals surface area (Å²) in [6.07, 6.45) is 6.91. The molecule has 1 aliphatic rings. The van der Waals surface area contributed by atoms with E-state index in [0.29, 0.717) is 13.3 Å². The predicted molar refractivity (Wildman–Crippen MR) is 164 cm³/mol. The Labute approximate surface area is 241 Å². The lowest BCUT2D eigenvalue weighted by Gasteiger charge is -2.24. The van der Waals surface area contributed by atoms with Gasteiger partial charge in [-0.05, 0) is 62.1 Å². The first-order valence-corrected chi connectivity index (χ1v) is 18.0. The number of fused-ring (bicyclic) bond motifs is 1. The van der Waals surface area contributed by atoms with Gasteiger partial charge in [-0.3, -0.25) is 9.97 Å². The molecule has 1 unspecified atom stereocenters. The molecule has 0 aliphatic carbocycles. The van der Waals surface area contributed by atoms with Crippen LogP contribution in [0.5, 0.6) is 0 Å². The molecule has 0 aromatic carbocycles. The van der Waals surface area contributed by atoms with Crippen LogP contribution in [-0.2, 0) is 11.5 Å². The Morgan fingerprint density at radius 3 is 2.76 bits per heavy atom. The van der Waals surface area contributed by atoms with E-state index in [1.807, 2.05) is 35.3 Å². The van der Waals surface area contributed by atoms with Crippen molar-refractivity contribution < 1.29 is 14.6 Å². The van der Waals surface area contributed by atoms with Crippen molar-refractivity contribution in [3.63, 3.8) is 0 Å². The van der Waals surface area contributed by atoms with Gasteiger partial charge in [0.2, 0.25) is 0 Å². The molecule has 0 saturated carbocycles. The molecule has 0 bridgehead atoms. The van der Waals surface area contributed by atoms with Crippen molar-refractivity contribution in [3.8, 4) is 22.6 Å². The van der Waals surface area contributed by atoms with Crippen LogP contribution in [0.15, 0.2) is 48.9 Å². The van der Waals surface area contributed by atoms with Gasteiger partial charge in [-0.15, -0.1) is 0 Å². The zero-order valence-electron chi connectivity index (χ0n) is 24.3. The molecule has 41 heavy (non-hydrogen) atoms. The third-order valence-corrected chi connectivity index (χ3v) is 9.18. The molecular formula is C30H39N7O3Si. The average Bonchev–Trinajstić information content (AvgIpc) is 3.14. The Bertz CT molecular complexity index is 1500. The number of nitrogens with one attached hydrogen (secondary N) is 1. The number of aryl methyl sites for hydroxylation is 1. The monoisotopic (exact) mass is 573 g/mol. The van der Waals surface area contributed by atoms with Gasteiger partial charge in [0.25, 0.3) is 0 Å². The van der Waals surface area contributed by atoms with Crippen molar-refractivity contribution in [2.75, 3.05) is 24.6 Å². The molecule has 1 saturated heterocycles. The Morgan fingerprint density at radius 2 is 2.00 bits per heavy atom. The van der Waals surface area contributed by atoms with Gasteiger partial charge in [-0.2, -0.15) is 5.10 Å². The van der Waals surface area contributed by atoms with Crippen molar-refractivity contribution in [2.24, 2.45) is 0 Å². The van der Waals surface area contributed by atoms with Gasteiger partial charge in [-0.25, -0.2) is 14.5 Å². The van der Waals surface area contributed by atoms with Crippen molar-refractivity contribution in [3.05, 3.63) is 54.5 Å². The standard InChI is InChI=1S/C30H39N7O3Si/c1-21-9-10-25(34-29(21)36-13-6-8-23(11-14-36)33-30(38)39)28-24-17-26(22-7-5-12-31-18-22)32-19-27(24)37(35-28)20-40-15-16-41(2,3)4/h5,7,9-10,12,17-19,23,33H,6,8,11,13-16,20H2,1-4H3,(H,38,39). The fraction of sp³-hybridized carbons (Fsp3) is 0.433. The molecule has 216 valence electrons. The summed E-state index contributed by atoms with van der Waals surface area (Å²) in [6, 6.07) is 11.1. The summed E-state index contributed by atoms with van der Waals surface area (Å²) < 4.78 is 7.96. The lowest BCUT2D eigenvalue weighted by molar-refractivity contribution is 0.0818. The van der Waals surface area contributed by atoms with E-state index in [0.717, 1.165) is 83.3 Å². The molecule has 2 N–H and O–H groups in total. The molecule has 5 rings (SSSR count). The van der Waals surface area contributed by atoms with Gasteiger partial charge >= 0.3 is 6.09 Å². The Balaban J connectivity index is 1.49. The minimum absolute atomic E-state index is 0.0417. The molecule has 0 spiro atoms. The minimum Gasteiger partial charge on any atom is -0.465 e. The predicted octanol–water partition coefficient (Wildman–Crippen LogP) is 5.80. The van der Waals surface area contributed by atoms with Crippen LogP contribution in [-0.4, -0.2) is 69.7 Å². The van der Waals surface area contributed by atoms with Crippen LogP contribution < -0.4 is 10.2 Å². The number of pyridine rings is 3. The average molecular weight is 574 g/mol. The van der Waals surface area contributed by atoms with Crippen LogP contribution >= 0.6 is 0 Å². The van der Waals surface area contributed by atoms with Gasteiger partial charge in [0.15, 0.2) is 0 Å². The van der Waals surface area contributed by atoms with Crippen LogP contribution in [0.3, 0.4) is 0 Å². The van der Waals surface area contributed by atoms with Gasteiger partial charge in [-0.1, -0.05) is 25.7 Å². The maximum Gasteiger partial charge on any atom is 0.404 e. The van der Waals surface area contributed by atoms with Crippen LogP contribution in [0, 0.1) is 6.92 Å². The second-order valence-corrected chi connectivity index (χ2v) is 17.5. The maximum absolute atomic E-state index is 11.2. The summed E-state index contributed by atoms with van der Waals surface area (Å²) in [7, 11) is -1.21. The number of nitrogens with zero attached hydrogens (tertiary/aromatic N) is 6. The largest absolute Gasteiger partial charge is 0.465 e. The van der Waals surface area contributed by atoms with Crippen molar-refractivity contribution in [2.45, 2.75) is 64.6 Å². The molecule has 1 amide bonds. The van der Waals surface area contributed by atoms with E-state index >= 15 is 0 Å². The first kappa shape index (κ1) is 28.7. The van der Waals surface area contributed by atoms with E-state index in [9.17, 15) is 9.90 Å². The summed E-state index contributed by atoms with van der Waals surface area (Å²) in [5.41, 5.74) is 5.29. The van der Waals surface area contributed by atoms with E-state index < -0.39 is 14.2 Å². The van der Waals surface area contributed by atoms with E-state index in [2.05, 4.69) is 53.9 Å². The third kappa shape index (κ3) is 7.09. The highest BCUT2D eigenvalue weighted by Gasteiger charge is 2.22.